The van der Waals surface area contributed by atoms with Crippen LogP contribution in [-0.4, -0.2) is 95.9 Å². The topological polar surface area (TPSA) is 231 Å². The van der Waals surface area contributed by atoms with E-state index in [9.17, 15) is 43.5 Å². The maximum absolute atomic E-state index is 13.0. The first kappa shape index (κ1) is 96.2. The summed E-state index contributed by atoms with van der Waals surface area (Å²) in [5, 5.41) is 20.6. The van der Waals surface area contributed by atoms with E-state index in [1.807, 2.05) is 0 Å². The quantitative estimate of drug-likeness (QED) is 0.0146. The highest BCUT2D eigenvalue weighted by Crippen LogP contribution is 2.45. The van der Waals surface area contributed by atoms with Crippen LogP contribution in [0.3, 0.4) is 0 Å². The molecule has 0 aliphatic carbocycles. The number of rotatable bonds is 72. The van der Waals surface area contributed by atoms with Crippen LogP contribution in [0.1, 0.15) is 290 Å². The first-order chi connectivity index (χ1) is 49.2. The molecule has 0 spiro atoms. The number of unbranched alkanes of at least 4 members (excludes halogenated alkanes) is 23. The molecule has 0 fully saturated rings. The molecule has 0 amide bonds. The normalized spacial score (nSPS) is 14.9. The molecule has 0 aromatic carbocycles. The number of phosphoric acid groups is 2. The number of allylic oxidation sites excluding steroid dienone is 26. The molecule has 0 saturated heterocycles. The Morgan fingerprint density at radius 1 is 0.277 bits per heavy atom. The van der Waals surface area contributed by atoms with Gasteiger partial charge < -0.3 is 34.2 Å². The highest BCUT2D eigenvalue weighted by atomic mass is 31.2. The van der Waals surface area contributed by atoms with Gasteiger partial charge in [0.15, 0.2) is 6.10 Å². The first-order valence-electron chi connectivity index (χ1n) is 38.8. The van der Waals surface area contributed by atoms with Crippen molar-refractivity contribution in [3.05, 3.63) is 158 Å². The third-order valence-electron chi connectivity index (χ3n) is 15.7. The van der Waals surface area contributed by atoms with Gasteiger partial charge >= 0.3 is 33.6 Å². The van der Waals surface area contributed by atoms with Crippen molar-refractivity contribution in [3.8, 4) is 0 Å². The van der Waals surface area contributed by atoms with Crippen molar-refractivity contribution in [2.24, 2.45) is 0 Å². The molecule has 0 bridgehead atoms. The van der Waals surface area contributed by atoms with Crippen LogP contribution in [0.5, 0.6) is 0 Å². The van der Waals surface area contributed by atoms with Gasteiger partial charge in [0.25, 0.3) is 0 Å². The van der Waals surface area contributed by atoms with Gasteiger partial charge in [-0.3, -0.25) is 32.5 Å². The Labute approximate surface area is 612 Å². The van der Waals surface area contributed by atoms with E-state index in [0.29, 0.717) is 19.3 Å². The van der Waals surface area contributed by atoms with Crippen LogP contribution in [0.15, 0.2) is 158 Å². The fourth-order valence-corrected chi connectivity index (χ4v) is 11.5. The van der Waals surface area contributed by atoms with Crippen LogP contribution in [0.2, 0.25) is 0 Å². The lowest BCUT2D eigenvalue weighted by Gasteiger charge is -2.21. The van der Waals surface area contributed by atoms with Crippen LogP contribution in [-0.2, 0) is 55.8 Å². The summed E-state index contributed by atoms with van der Waals surface area (Å²) < 4.78 is 61.1. The number of aliphatic hydroxyl groups excluding tert-OH is 2. The van der Waals surface area contributed by atoms with Crippen LogP contribution in [0, 0.1) is 0 Å². The smallest absolute Gasteiger partial charge is 0.463 e. The summed E-state index contributed by atoms with van der Waals surface area (Å²) in [7, 11) is -9.81. The fourth-order valence-electron chi connectivity index (χ4n) is 9.93. The van der Waals surface area contributed by atoms with Crippen LogP contribution < -0.4 is 0 Å². The van der Waals surface area contributed by atoms with Gasteiger partial charge in [0.1, 0.15) is 25.4 Å². The monoisotopic (exact) mass is 1450 g/mol. The van der Waals surface area contributed by atoms with Crippen LogP contribution in [0.4, 0.5) is 0 Å². The molecule has 0 heterocycles. The Bertz CT molecular complexity index is 2470. The summed E-state index contributed by atoms with van der Waals surface area (Å²) in [5.74, 6) is -1.61. The summed E-state index contributed by atoms with van der Waals surface area (Å²) in [4.78, 5) is 58.6. The molecule has 101 heavy (non-hydrogen) atoms. The maximum atomic E-state index is 13.0. The zero-order chi connectivity index (χ0) is 73.7. The Balaban J connectivity index is 4.60. The maximum Gasteiger partial charge on any atom is 0.472 e. The number of esters is 3. The SMILES string of the molecule is CC/C=C\C/C=C\C/C=C\C/C=C\C/C=C\CCCCCCCCCCCCCC(=O)OCC(O)COP(=O)(O)OCC(O)COP(=O)(O)OCC(COC(=O)CCCCCCCCC/C=C\C/C=C\C/C=C\C/C=C\C/C=C\CC)OC(=O)CCCCCCC/C=C\C/C=C\C/C=C\CC. The van der Waals surface area contributed by atoms with Gasteiger partial charge in [0.2, 0.25) is 0 Å². The Hall–Kier alpha value is -4.83. The van der Waals surface area contributed by atoms with Crippen LogP contribution in [0.25, 0.3) is 0 Å². The molecular weight excluding hydrogens is 1310 g/mol. The van der Waals surface area contributed by atoms with Gasteiger partial charge in [0, 0.05) is 19.3 Å². The minimum Gasteiger partial charge on any atom is -0.463 e. The fraction of sp³-hybridized carbons (Fsp3) is 0.651. The Kier molecular flexibility index (Phi) is 71.3. The zero-order valence-electron chi connectivity index (χ0n) is 62.8. The highest BCUT2D eigenvalue weighted by molar-refractivity contribution is 7.47. The number of carbonyl (C=O) groups is 3. The molecule has 16 nitrogen and oxygen atoms in total. The lowest BCUT2D eigenvalue weighted by atomic mass is 10.0. The summed E-state index contributed by atoms with van der Waals surface area (Å²) in [6.07, 6.45) is 92.9. The second kappa shape index (κ2) is 74.9. The Morgan fingerprint density at radius 3 is 0.782 bits per heavy atom. The largest absolute Gasteiger partial charge is 0.472 e. The second-order valence-corrected chi connectivity index (χ2v) is 28.3. The molecule has 576 valence electrons. The van der Waals surface area contributed by atoms with Gasteiger partial charge in [-0.1, -0.05) is 288 Å². The number of ether oxygens (including phenoxy) is 3. The molecule has 5 unspecified atom stereocenters. The molecule has 0 aromatic heterocycles. The predicted molar refractivity (Wildman–Crippen MR) is 417 cm³/mol. The molecule has 0 rings (SSSR count). The van der Waals surface area contributed by atoms with E-state index >= 15 is 0 Å². The molecule has 0 aromatic rings. The van der Waals surface area contributed by atoms with Crippen molar-refractivity contribution in [1.29, 1.82) is 0 Å². The summed E-state index contributed by atoms with van der Waals surface area (Å²) >= 11 is 0. The third-order valence-corrected chi connectivity index (χ3v) is 17.6. The number of phosphoric ester groups is 2. The van der Waals surface area contributed by atoms with E-state index in [2.05, 4.69) is 179 Å². The molecule has 18 heteroatoms. The van der Waals surface area contributed by atoms with Crippen molar-refractivity contribution < 1.29 is 75.8 Å². The number of aliphatic hydroxyl groups is 2. The van der Waals surface area contributed by atoms with Gasteiger partial charge in [-0.25, -0.2) is 9.13 Å². The number of carbonyl (C=O) groups excluding carboxylic acids is 3. The van der Waals surface area contributed by atoms with E-state index < -0.39 is 91.5 Å². The predicted octanol–water partition coefficient (Wildman–Crippen LogP) is 22.6. The zero-order valence-corrected chi connectivity index (χ0v) is 64.6. The van der Waals surface area contributed by atoms with E-state index in [-0.39, 0.29) is 19.3 Å². The lowest BCUT2D eigenvalue weighted by molar-refractivity contribution is -0.161. The summed E-state index contributed by atoms with van der Waals surface area (Å²) in [5.41, 5.74) is 0. The average molecular weight is 1450 g/mol. The Morgan fingerprint density at radius 2 is 0.495 bits per heavy atom. The van der Waals surface area contributed by atoms with Gasteiger partial charge in [-0.05, 0) is 141 Å². The van der Waals surface area contributed by atoms with Crippen molar-refractivity contribution in [1.82, 2.24) is 0 Å². The van der Waals surface area contributed by atoms with E-state index in [1.54, 1.807) is 0 Å². The van der Waals surface area contributed by atoms with Crippen molar-refractivity contribution in [3.63, 3.8) is 0 Å². The molecular formula is C83H138O16P2. The molecule has 0 aliphatic heterocycles. The minimum absolute atomic E-state index is 0.0776. The standard InChI is InChI=1S/C83H138O16P2/c1-4-7-10-13-16-19-22-25-28-30-32-34-36-37-38-39-41-43-44-46-49-51-54-57-60-63-66-69-81(86)93-72-78(84)73-95-100(89,90)96-74-79(85)75-97-101(91,92)98-77-80(99-83(88)71-68-65-62-59-56-53-48-27-24-21-18-15-12-9-6-3)76-94-82(87)70-67-64-61-58-55-52-50-47-45-42-40-35-33-31-29-26-23-20-17-14-11-8-5-2/h7-12,16-21,25-29,32-35,37-38,42,45,48,78-80,84-85H,4-6,13-15,22-24,30-31,36,39-41,43-44,46-47,49-77H2,1-3H3,(H,89,90)(H,91,92)/b10-7-,11-8-,12-9-,19-16-,20-17-,21-18-,28-25-,29-26-,34-32-,35-33-,38-37-,45-42-,48-27-. The molecule has 0 radical (unpaired) electrons. The summed E-state index contributed by atoms with van der Waals surface area (Å²) in [6, 6.07) is 0. The van der Waals surface area contributed by atoms with Gasteiger partial charge in [-0.15, -0.1) is 0 Å². The molecule has 0 saturated carbocycles. The van der Waals surface area contributed by atoms with Crippen LogP contribution >= 0.6 is 15.6 Å². The highest BCUT2D eigenvalue weighted by Gasteiger charge is 2.29. The minimum atomic E-state index is -4.94. The first-order valence-corrected chi connectivity index (χ1v) is 41.8. The van der Waals surface area contributed by atoms with Gasteiger partial charge in [0.05, 0.1) is 26.4 Å². The number of hydrogen-bond acceptors (Lipinski definition) is 14. The van der Waals surface area contributed by atoms with E-state index in [0.717, 1.165) is 186 Å². The van der Waals surface area contributed by atoms with Crippen molar-refractivity contribution in [2.45, 2.75) is 309 Å². The lowest BCUT2D eigenvalue weighted by Crippen LogP contribution is -2.30. The molecule has 0 aliphatic rings. The van der Waals surface area contributed by atoms with Crippen molar-refractivity contribution >= 4 is 33.6 Å². The second-order valence-electron chi connectivity index (χ2n) is 25.4. The van der Waals surface area contributed by atoms with E-state index in [4.69, 9.17) is 32.3 Å². The molecule has 4 N–H and O–H groups in total. The molecule has 5 atom stereocenters. The number of hydrogen-bond donors (Lipinski definition) is 4. The van der Waals surface area contributed by atoms with Crippen molar-refractivity contribution in [2.75, 3.05) is 39.6 Å². The van der Waals surface area contributed by atoms with Gasteiger partial charge in [-0.2, -0.15) is 0 Å². The van der Waals surface area contributed by atoms with E-state index in [1.165, 1.54) is 44.9 Å². The average Bonchev–Trinajstić information content (AvgIpc) is 0.951. The third kappa shape index (κ3) is 76.1. The summed E-state index contributed by atoms with van der Waals surface area (Å²) in [6.45, 7) is 2.30.